The quantitative estimate of drug-likeness (QED) is 0.664. The van der Waals surface area contributed by atoms with Crippen molar-refractivity contribution in [1.82, 2.24) is 0 Å². The molecule has 0 spiro atoms. The molecule has 0 N–H and O–H groups in total. The Morgan fingerprint density at radius 1 is 1.16 bits per heavy atom. The smallest absolute Gasteiger partial charge is 0.168 e. The minimum atomic E-state index is 0.00861. The molecule has 0 bridgehead atoms. The predicted octanol–water partition coefficient (Wildman–Crippen LogP) is 5.49. The lowest BCUT2D eigenvalue weighted by Crippen LogP contribution is -2.05. The van der Waals surface area contributed by atoms with E-state index in [2.05, 4.69) is 15.9 Å². The van der Waals surface area contributed by atoms with Crippen LogP contribution in [-0.2, 0) is 6.42 Å². The van der Waals surface area contributed by atoms with Gasteiger partial charge in [-0.1, -0.05) is 35.3 Å². The van der Waals surface area contributed by atoms with E-state index in [1.54, 1.807) is 18.2 Å². The third-order valence-electron chi connectivity index (χ3n) is 2.79. The van der Waals surface area contributed by atoms with Gasteiger partial charge in [-0.05, 0) is 58.2 Å². The molecule has 19 heavy (non-hydrogen) atoms. The van der Waals surface area contributed by atoms with Crippen LogP contribution in [0.3, 0.4) is 0 Å². The fraction of sp³-hybridized carbons (Fsp3) is 0.133. The Balaban J connectivity index is 2.25. The summed E-state index contributed by atoms with van der Waals surface area (Å²) in [4.78, 5) is 12.3. The maximum absolute atomic E-state index is 12.3. The molecule has 0 saturated carbocycles. The van der Waals surface area contributed by atoms with Crippen LogP contribution in [0.25, 0.3) is 0 Å². The first-order chi connectivity index (χ1) is 8.97. The zero-order chi connectivity index (χ0) is 14.0. The topological polar surface area (TPSA) is 17.1 Å². The van der Waals surface area contributed by atoms with Gasteiger partial charge >= 0.3 is 0 Å². The van der Waals surface area contributed by atoms with Crippen molar-refractivity contribution in [3.8, 4) is 0 Å². The highest BCUT2D eigenvalue weighted by atomic mass is 79.9. The second-order valence-electron chi connectivity index (χ2n) is 4.32. The largest absolute Gasteiger partial charge is 0.294 e. The lowest BCUT2D eigenvalue weighted by atomic mass is 10.0. The number of carbonyl (C=O) groups excluding carboxylic acids is 1. The molecule has 0 aromatic heterocycles. The molecule has 98 valence electrons. The zero-order valence-corrected chi connectivity index (χ0v) is 13.3. The van der Waals surface area contributed by atoms with Crippen LogP contribution in [-0.4, -0.2) is 5.78 Å². The third-order valence-corrected chi connectivity index (χ3v) is 4.03. The van der Waals surface area contributed by atoms with Gasteiger partial charge in [0, 0.05) is 26.5 Å². The van der Waals surface area contributed by atoms with Crippen molar-refractivity contribution in [2.75, 3.05) is 0 Å². The Labute approximate surface area is 130 Å². The SMILES string of the molecule is Cc1ccc(CC(=O)c2ccc(Cl)cc2Br)c(Cl)c1. The van der Waals surface area contributed by atoms with Crippen LogP contribution in [0.15, 0.2) is 40.9 Å². The van der Waals surface area contributed by atoms with E-state index in [-0.39, 0.29) is 12.2 Å². The maximum Gasteiger partial charge on any atom is 0.168 e. The van der Waals surface area contributed by atoms with Gasteiger partial charge in [-0.3, -0.25) is 4.79 Å². The lowest BCUT2D eigenvalue weighted by Gasteiger charge is -2.07. The second-order valence-corrected chi connectivity index (χ2v) is 6.02. The Morgan fingerprint density at radius 2 is 1.89 bits per heavy atom. The minimum absolute atomic E-state index is 0.00861. The summed E-state index contributed by atoms with van der Waals surface area (Å²) >= 11 is 15.4. The van der Waals surface area contributed by atoms with Crippen LogP contribution in [0.4, 0.5) is 0 Å². The number of aryl methyl sites for hydroxylation is 1. The molecule has 0 saturated heterocycles. The van der Waals surface area contributed by atoms with E-state index in [1.165, 1.54) is 0 Å². The molecule has 2 aromatic rings. The molecule has 0 aliphatic heterocycles. The van der Waals surface area contributed by atoms with E-state index in [1.807, 2.05) is 25.1 Å². The molecule has 0 fully saturated rings. The first kappa shape index (κ1) is 14.6. The van der Waals surface area contributed by atoms with Gasteiger partial charge in [0.25, 0.3) is 0 Å². The van der Waals surface area contributed by atoms with Gasteiger partial charge in [-0.25, -0.2) is 0 Å². The number of benzene rings is 2. The first-order valence-electron chi connectivity index (χ1n) is 5.70. The van der Waals surface area contributed by atoms with Crippen LogP contribution >= 0.6 is 39.1 Å². The van der Waals surface area contributed by atoms with E-state index in [4.69, 9.17) is 23.2 Å². The van der Waals surface area contributed by atoms with Gasteiger partial charge in [-0.2, -0.15) is 0 Å². The van der Waals surface area contributed by atoms with Crippen LogP contribution in [0.1, 0.15) is 21.5 Å². The van der Waals surface area contributed by atoms with E-state index >= 15 is 0 Å². The number of carbonyl (C=O) groups is 1. The van der Waals surface area contributed by atoms with Crippen LogP contribution in [0.5, 0.6) is 0 Å². The Bertz CT molecular complexity index is 638. The number of halogens is 3. The molecule has 0 aliphatic rings. The first-order valence-corrected chi connectivity index (χ1v) is 7.25. The monoisotopic (exact) mass is 356 g/mol. The fourth-order valence-electron chi connectivity index (χ4n) is 1.78. The lowest BCUT2D eigenvalue weighted by molar-refractivity contribution is 0.0992. The van der Waals surface area contributed by atoms with Gasteiger partial charge < -0.3 is 0 Å². The van der Waals surface area contributed by atoms with Crippen molar-refractivity contribution in [2.24, 2.45) is 0 Å². The van der Waals surface area contributed by atoms with Crippen molar-refractivity contribution in [1.29, 1.82) is 0 Å². The van der Waals surface area contributed by atoms with Crippen LogP contribution < -0.4 is 0 Å². The zero-order valence-electron chi connectivity index (χ0n) is 10.2. The van der Waals surface area contributed by atoms with Gasteiger partial charge in [0.15, 0.2) is 5.78 Å². The molecular formula is C15H11BrCl2O. The summed E-state index contributed by atoms with van der Waals surface area (Å²) in [6, 6.07) is 10.8. The van der Waals surface area contributed by atoms with Crippen LogP contribution in [0.2, 0.25) is 10.0 Å². The van der Waals surface area contributed by atoms with E-state index in [0.29, 0.717) is 20.1 Å². The summed E-state index contributed by atoms with van der Waals surface area (Å²) in [6.07, 6.45) is 0.277. The highest BCUT2D eigenvalue weighted by molar-refractivity contribution is 9.10. The minimum Gasteiger partial charge on any atom is -0.294 e. The average Bonchev–Trinajstić information content (AvgIpc) is 2.32. The number of Topliss-reactive ketones (excluding diaryl/α,β-unsaturated/α-hetero) is 1. The number of ketones is 1. The normalized spacial score (nSPS) is 10.5. The predicted molar refractivity (Wildman–Crippen MR) is 83.4 cm³/mol. The fourth-order valence-corrected chi connectivity index (χ4v) is 2.99. The second kappa shape index (κ2) is 6.08. The molecular weight excluding hydrogens is 347 g/mol. The Morgan fingerprint density at radius 3 is 2.53 bits per heavy atom. The molecule has 4 heteroatoms. The van der Waals surface area contributed by atoms with E-state index in [0.717, 1.165) is 11.1 Å². The molecule has 0 amide bonds. The average molecular weight is 358 g/mol. The number of hydrogen-bond acceptors (Lipinski definition) is 1. The molecule has 0 radical (unpaired) electrons. The summed E-state index contributed by atoms with van der Waals surface area (Å²) < 4.78 is 0.702. The Kier molecular flexibility index (Phi) is 4.67. The molecule has 2 rings (SSSR count). The molecule has 0 heterocycles. The number of hydrogen-bond donors (Lipinski definition) is 0. The maximum atomic E-state index is 12.3. The van der Waals surface area contributed by atoms with Gasteiger partial charge in [-0.15, -0.1) is 0 Å². The van der Waals surface area contributed by atoms with Crippen molar-refractivity contribution >= 4 is 44.9 Å². The van der Waals surface area contributed by atoms with Gasteiger partial charge in [0.05, 0.1) is 0 Å². The summed E-state index contributed by atoms with van der Waals surface area (Å²) in [7, 11) is 0. The molecule has 0 atom stereocenters. The molecule has 0 aliphatic carbocycles. The Hall–Kier alpha value is -0.830. The third kappa shape index (κ3) is 3.59. The van der Waals surface area contributed by atoms with Gasteiger partial charge in [0.2, 0.25) is 0 Å². The summed E-state index contributed by atoms with van der Waals surface area (Å²) in [5, 5.41) is 1.22. The standard InChI is InChI=1S/C15H11BrCl2O/c1-9-2-3-10(14(18)6-9)7-15(19)12-5-4-11(17)8-13(12)16/h2-6,8H,7H2,1H3. The highest BCUT2D eigenvalue weighted by Crippen LogP contribution is 2.25. The van der Waals surface area contributed by atoms with Crippen molar-refractivity contribution in [3.63, 3.8) is 0 Å². The van der Waals surface area contributed by atoms with Crippen LogP contribution in [0, 0.1) is 6.92 Å². The van der Waals surface area contributed by atoms with Crippen molar-refractivity contribution in [2.45, 2.75) is 13.3 Å². The highest BCUT2D eigenvalue weighted by Gasteiger charge is 2.13. The van der Waals surface area contributed by atoms with Gasteiger partial charge in [0.1, 0.15) is 0 Å². The van der Waals surface area contributed by atoms with Crippen molar-refractivity contribution < 1.29 is 4.79 Å². The van der Waals surface area contributed by atoms with E-state index < -0.39 is 0 Å². The molecule has 2 aromatic carbocycles. The summed E-state index contributed by atoms with van der Waals surface area (Å²) in [6.45, 7) is 1.97. The molecule has 0 unspecified atom stereocenters. The number of rotatable bonds is 3. The van der Waals surface area contributed by atoms with E-state index in [9.17, 15) is 4.79 Å². The molecule has 1 nitrogen and oxygen atoms in total. The van der Waals surface area contributed by atoms with Crippen molar-refractivity contribution in [3.05, 3.63) is 67.6 Å². The summed E-state index contributed by atoms with van der Waals surface area (Å²) in [5.74, 6) is 0.00861. The summed E-state index contributed by atoms with van der Waals surface area (Å²) in [5.41, 5.74) is 2.52.